The molecule has 9 nitrogen and oxygen atoms in total. The number of nitro groups is 1. The Balaban J connectivity index is 1.75. The number of amides is 1. The van der Waals surface area contributed by atoms with Crippen LogP contribution >= 0.6 is 0 Å². The maximum absolute atomic E-state index is 12.7. The number of nitrogens with zero attached hydrogens (tertiary/aromatic N) is 1. The summed E-state index contributed by atoms with van der Waals surface area (Å²) >= 11 is 0. The Morgan fingerprint density at radius 1 is 1.21 bits per heavy atom. The van der Waals surface area contributed by atoms with Crippen LogP contribution < -0.4 is 14.8 Å². The number of carbonyl (C=O) groups excluding carboxylic acids is 1. The van der Waals surface area contributed by atoms with E-state index in [-0.39, 0.29) is 16.8 Å². The van der Waals surface area contributed by atoms with Crippen LogP contribution in [0, 0.1) is 17.0 Å². The average Bonchev–Trinajstić information content (AvgIpc) is 2.68. The minimum atomic E-state index is -3.91. The largest absolute Gasteiger partial charge is 0.486 e. The van der Waals surface area contributed by atoms with Gasteiger partial charge in [0.15, 0.2) is 21.3 Å². The fourth-order valence-electron chi connectivity index (χ4n) is 2.89. The molecule has 0 saturated carbocycles. The van der Waals surface area contributed by atoms with Crippen molar-refractivity contribution in [2.75, 3.05) is 18.5 Å². The fraction of sp³-hybridized carbons (Fsp3) is 0.316. The second-order valence-corrected chi connectivity index (χ2v) is 8.94. The van der Waals surface area contributed by atoms with E-state index >= 15 is 0 Å². The fourth-order valence-corrected chi connectivity index (χ4v) is 4.28. The van der Waals surface area contributed by atoms with E-state index in [1.54, 1.807) is 18.2 Å². The summed E-state index contributed by atoms with van der Waals surface area (Å²) in [6, 6.07) is 9.03. The summed E-state index contributed by atoms with van der Waals surface area (Å²) in [7, 11) is -3.91. The SMILES string of the molecule is Cc1c(CS(=O)(=O)C(C)C(=O)Nc2ccc3c(c2)OCCO3)cccc1[N+](=O)[O-]. The van der Waals surface area contributed by atoms with Gasteiger partial charge in [-0.1, -0.05) is 12.1 Å². The molecule has 1 aliphatic rings. The molecule has 0 aromatic heterocycles. The summed E-state index contributed by atoms with van der Waals surface area (Å²) in [5, 5.41) is 12.3. The molecule has 0 radical (unpaired) electrons. The topological polar surface area (TPSA) is 125 Å². The Morgan fingerprint density at radius 3 is 2.59 bits per heavy atom. The van der Waals surface area contributed by atoms with Gasteiger partial charge < -0.3 is 14.8 Å². The van der Waals surface area contributed by atoms with E-state index in [0.717, 1.165) is 0 Å². The normalized spacial score (nSPS) is 14.1. The second kappa shape index (κ2) is 8.08. The first kappa shape index (κ1) is 20.6. The van der Waals surface area contributed by atoms with Crippen LogP contribution in [0.4, 0.5) is 11.4 Å². The maximum atomic E-state index is 12.7. The lowest BCUT2D eigenvalue weighted by atomic mass is 10.1. The zero-order valence-electron chi connectivity index (χ0n) is 15.9. The van der Waals surface area contributed by atoms with E-state index in [4.69, 9.17) is 9.47 Å². The van der Waals surface area contributed by atoms with Gasteiger partial charge in [-0.25, -0.2) is 8.42 Å². The molecule has 1 atom stereocenters. The summed E-state index contributed by atoms with van der Waals surface area (Å²) in [6.45, 7) is 3.60. The molecule has 29 heavy (non-hydrogen) atoms. The van der Waals surface area contributed by atoms with Gasteiger partial charge in [-0.2, -0.15) is 0 Å². The standard InChI is InChI=1S/C19H20N2O7S/c1-12-14(4-3-5-16(12)21(23)24)11-29(25,26)13(2)19(22)20-15-6-7-17-18(10-15)28-9-8-27-17/h3-7,10,13H,8-9,11H2,1-2H3,(H,20,22). The Kier molecular flexibility index (Phi) is 5.73. The minimum Gasteiger partial charge on any atom is -0.486 e. The first-order valence-electron chi connectivity index (χ1n) is 8.84. The lowest BCUT2D eigenvalue weighted by molar-refractivity contribution is -0.385. The molecule has 1 amide bonds. The first-order chi connectivity index (χ1) is 13.7. The number of nitrogens with one attached hydrogen (secondary N) is 1. The van der Waals surface area contributed by atoms with Crippen molar-refractivity contribution < 1.29 is 27.6 Å². The van der Waals surface area contributed by atoms with E-state index in [1.165, 1.54) is 32.0 Å². The quantitative estimate of drug-likeness (QED) is 0.562. The minimum absolute atomic E-state index is 0.161. The molecule has 0 bridgehead atoms. The first-order valence-corrected chi connectivity index (χ1v) is 10.6. The summed E-state index contributed by atoms with van der Waals surface area (Å²) in [4.78, 5) is 23.0. The molecule has 0 saturated heterocycles. The number of hydrogen-bond donors (Lipinski definition) is 1. The molecule has 2 aromatic rings. The Bertz CT molecular complexity index is 1070. The van der Waals surface area contributed by atoms with Gasteiger partial charge >= 0.3 is 0 Å². The Labute approximate surface area is 167 Å². The van der Waals surface area contributed by atoms with Gasteiger partial charge in [-0.3, -0.25) is 14.9 Å². The van der Waals surface area contributed by atoms with E-state index in [9.17, 15) is 23.3 Å². The predicted molar refractivity (Wildman–Crippen MR) is 106 cm³/mol. The van der Waals surface area contributed by atoms with Crippen molar-refractivity contribution in [1.29, 1.82) is 0 Å². The number of nitro benzene ring substituents is 1. The van der Waals surface area contributed by atoms with Crippen LogP contribution in [0.25, 0.3) is 0 Å². The summed E-state index contributed by atoms with van der Waals surface area (Å²) in [5.74, 6) is -0.159. The third-order valence-electron chi connectivity index (χ3n) is 4.69. The molecule has 1 heterocycles. The number of rotatable bonds is 6. The van der Waals surface area contributed by atoms with Gasteiger partial charge in [0.05, 0.1) is 10.7 Å². The highest BCUT2D eigenvalue weighted by Crippen LogP contribution is 2.32. The highest BCUT2D eigenvalue weighted by Gasteiger charge is 2.30. The van der Waals surface area contributed by atoms with Crippen LogP contribution in [0.5, 0.6) is 11.5 Å². The average molecular weight is 420 g/mol. The van der Waals surface area contributed by atoms with E-state index in [0.29, 0.717) is 30.4 Å². The van der Waals surface area contributed by atoms with Crippen LogP contribution in [-0.2, 0) is 20.4 Å². The number of sulfone groups is 1. The molecule has 1 N–H and O–H groups in total. The third-order valence-corrected chi connectivity index (χ3v) is 6.69. The molecular formula is C19H20N2O7S. The van der Waals surface area contributed by atoms with Crippen molar-refractivity contribution in [1.82, 2.24) is 0 Å². The molecule has 0 aliphatic carbocycles. The third kappa shape index (κ3) is 4.48. The van der Waals surface area contributed by atoms with Crippen LogP contribution in [0.2, 0.25) is 0 Å². The van der Waals surface area contributed by atoms with Gasteiger partial charge in [0.2, 0.25) is 5.91 Å². The van der Waals surface area contributed by atoms with Gasteiger partial charge in [0, 0.05) is 23.4 Å². The number of carbonyl (C=O) groups is 1. The maximum Gasteiger partial charge on any atom is 0.272 e. The number of anilines is 1. The van der Waals surface area contributed by atoms with Gasteiger partial charge in [0.1, 0.15) is 18.5 Å². The van der Waals surface area contributed by atoms with Crippen molar-refractivity contribution in [3.8, 4) is 11.5 Å². The van der Waals surface area contributed by atoms with Gasteiger partial charge in [0.25, 0.3) is 5.69 Å². The van der Waals surface area contributed by atoms with Crippen molar-refractivity contribution in [3.05, 3.63) is 57.6 Å². The molecule has 3 rings (SSSR count). The molecular weight excluding hydrogens is 400 g/mol. The lowest BCUT2D eigenvalue weighted by Gasteiger charge is -2.19. The molecule has 0 fully saturated rings. The molecule has 154 valence electrons. The Hall–Kier alpha value is -3.14. The second-order valence-electron chi connectivity index (χ2n) is 6.62. The van der Waals surface area contributed by atoms with E-state index in [2.05, 4.69) is 5.32 Å². The summed E-state index contributed by atoms with van der Waals surface area (Å²) in [5.41, 5.74) is 0.776. The monoisotopic (exact) mass is 420 g/mol. The molecule has 1 aliphatic heterocycles. The smallest absolute Gasteiger partial charge is 0.272 e. The number of hydrogen-bond acceptors (Lipinski definition) is 7. The van der Waals surface area contributed by atoms with Crippen LogP contribution in [0.3, 0.4) is 0 Å². The molecule has 0 spiro atoms. The molecule has 10 heteroatoms. The van der Waals surface area contributed by atoms with Gasteiger partial charge in [-0.05, 0) is 31.5 Å². The van der Waals surface area contributed by atoms with E-state index < -0.39 is 31.7 Å². The van der Waals surface area contributed by atoms with Crippen LogP contribution in [0.15, 0.2) is 36.4 Å². The Morgan fingerprint density at radius 2 is 1.90 bits per heavy atom. The van der Waals surface area contributed by atoms with Crippen LogP contribution in [0.1, 0.15) is 18.1 Å². The van der Waals surface area contributed by atoms with Crippen molar-refractivity contribution >= 4 is 27.1 Å². The zero-order chi connectivity index (χ0) is 21.2. The van der Waals surface area contributed by atoms with Crippen LogP contribution in [-0.4, -0.2) is 37.7 Å². The van der Waals surface area contributed by atoms with Crippen molar-refractivity contribution in [2.45, 2.75) is 24.9 Å². The number of benzene rings is 2. The highest BCUT2D eigenvalue weighted by molar-refractivity contribution is 7.92. The number of fused-ring (bicyclic) bond motifs is 1. The zero-order valence-corrected chi connectivity index (χ0v) is 16.7. The highest BCUT2D eigenvalue weighted by atomic mass is 32.2. The lowest BCUT2D eigenvalue weighted by Crippen LogP contribution is -2.33. The number of ether oxygens (including phenoxy) is 2. The molecule has 1 unspecified atom stereocenters. The summed E-state index contributed by atoms with van der Waals surface area (Å²) < 4.78 is 36.3. The van der Waals surface area contributed by atoms with Crippen molar-refractivity contribution in [3.63, 3.8) is 0 Å². The van der Waals surface area contributed by atoms with Gasteiger partial charge in [-0.15, -0.1) is 0 Å². The summed E-state index contributed by atoms with van der Waals surface area (Å²) in [6.07, 6.45) is 0. The van der Waals surface area contributed by atoms with E-state index in [1.807, 2.05) is 0 Å². The van der Waals surface area contributed by atoms with Crippen molar-refractivity contribution in [2.24, 2.45) is 0 Å². The molecule has 2 aromatic carbocycles. The predicted octanol–water partition coefficient (Wildman–Crippen LogP) is 2.62.